The lowest BCUT2D eigenvalue weighted by molar-refractivity contribution is -0.137. The Hall–Kier alpha value is -3.66. The van der Waals surface area contributed by atoms with E-state index in [9.17, 15) is 18.0 Å². The van der Waals surface area contributed by atoms with Gasteiger partial charge in [0, 0.05) is 29.7 Å². The molecule has 10 heteroatoms. The summed E-state index contributed by atoms with van der Waals surface area (Å²) in [7, 11) is 0. The average Bonchev–Trinajstić information content (AvgIpc) is 2.86. The summed E-state index contributed by atoms with van der Waals surface area (Å²) in [5, 5.41) is 8.86. The molecule has 0 atom stereocenters. The summed E-state index contributed by atoms with van der Waals surface area (Å²) >= 11 is 5.21. The lowest BCUT2D eigenvalue weighted by Crippen LogP contribution is -2.36. The van der Waals surface area contributed by atoms with Crippen molar-refractivity contribution in [3.05, 3.63) is 78.1 Å². The number of benzene rings is 2. The van der Waals surface area contributed by atoms with Crippen LogP contribution in [0.3, 0.4) is 0 Å². The van der Waals surface area contributed by atoms with Crippen LogP contribution in [0.1, 0.15) is 48.2 Å². The third kappa shape index (κ3) is 7.17. The summed E-state index contributed by atoms with van der Waals surface area (Å²) in [6.07, 6.45) is 2.52. The Bertz CT molecular complexity index is 1210. The number of anilines is 2. The van der Waals surface area contributed by atoms with E-state index in [2.05, 4.69) is 20.9 Å². The van der Waals surface area contributed by atoms with Gasteiger partial charge in [-0.25, -0.2) is 0 Å². The highest BCUT2D eigenvalue weighted by Gasteiger charge is 2.30. The maximum absolute atomic E-state index is 12.9. The van der Waals surface area contributed by atoms with Crippen molar-refractivity contribution in [2.75, 3.05) is 10.6 Å². The van der Waals surface area contributed by atoms with Crippen molar-refractivity contribution in [3.8, 4) is 11.5 Å². The number of pyridine rings is 1. The Labute approximate surface area is 212 Å². The normalized spacial score (nSPS) is 14.1. The predicted molar refractivity (Wildman–Crippen MR) is 136 cm³/mol. The second-order valence-corrected chi connectivity index (χ2v) is 8.88. The Morgan fingerprint density at radius 2 is 1.64 bits per heavy atom. The fraction of sp³-hybridized carbons (Fsp3) is 0.269. The van der Waals surface area contributed by atoms with Gasteiger partial charge in [0.05, 0.1) is 5.56 Å². The molecule has 1 saturated carbocycles. The van der Waals surface area contributed by atoms with Gasteiger partial charge in [0.1, 0.15) is 17.2 Å². The highest BCUT2D eigenvalue weighted by molar-refractivity contribution is 7.80. The van der Waals surface area contributed by atoms with E-state index in [-0.39, 0.29) is 22.7 Å². The number of aromatic nitrogens is 1. The SMILES string of the molecule is O=C(NC1CCCCC1)c1cc(Oc2ccc(NC(=S)Nc3cccc(C(F)(F)F)c3)cc2)ccn1. The minimum absolute atomic E-state index is 0.144. The summed E-state index contributed by atoms with van der Waals surface area (Å²) in [5.41, 5.74) is 0.377. The first-order valence-electron chi connectivity index (χ1n) is 11.6. The van der Waals surface area contributed by atoms with Gasteiger partial charge in [0.25, 0.3) is 5.91 Å². The highest BCUT2D eigenvalue weighted by Crippen LogP contribution is 2.31. The van der Waals surface area contributed by atoms with Crippen LogP contribution in [0.5, 0.6) is 11.5 Å². The Morgan fingerprint density at radius 1 is 0.917 bits per heavy atom. The Kier molecular flexibility index (Phi) is 8.04. The van der Waals surface area contributed by atoms with Crippen molar-refractivity contribution < 1.29 is 22.7 Å². The first-order chi connectivity index (χ1) is 17.3. The third-order valence-corrected chi connectivity index (χ3v) is 5.90. The van der Waals surface area contributed by atoms with E-state index < -0.39 is 11.7 Å². The molecule has 4 rings (SSSR count). The molecule has 3 aromatic rings. The molecule has 1 aliphatic rings. The predicted octanol–water partition coefficient (Wildman–Crippen LogP) is 6.76. The molecule has 2 aromatic carbocycles. The first kappa shape index (κ1) is 25.4. The number of amides is 1. The molecular formula is C26H25F3N4O2S. The minimum atomic E-state index is -4.43. The second kappa shape index (κ2) is 11.4. The zero-order valence-electron chi connectivity index (χ0n) is 19.3. The van der Waals surface area contributed by atoms with E-state index in [1.807, 2.05) is 0 Å². The van der Waals surface area contributed by atoms with Gasteiger partial charge in [-0.05, 0) is 73.6 Å². The molecule has 0 radical (unpaired) electrons. The molecule has 6 nitrogen and oxygen atoms in total. The molecule has 1 amide bonds. The van der Waals surface area contributed by atoms with E-state index in [1.54, 1.807) is 36.4 Å². The van der Waals surface area contributed by atoms with Crippen LogP contribution in [-0.4, -0.2) is 22.0 Å². The molecule has 188 valence electrons. The number of halogens is 3. The zero-order chi connectivity index (χ0) is 25.5. The zero-order valence-corrected chi connectivity index (χ0v) is 20.1. The number of carbonyl (C=O) groups excluding carboxylic acids is 1. The van der Waals surface area contributed by atoms with Crippen molar-refractivity contribution >= 4 is 34.6 Å². The van der Waals surface area contributed by atoms with Crippen molar-refractivity contribution in [1.82, 2.24) is 10.3 Å². The monoisotopic (exact) mass is 514 g/mol. The van der Waals surface area contributed by atoms with Gasteiger partial charge in [0.2, 0.25) is 0 Å². The summed E-state index contributed by atoms with van der Waals surface area (Å²) in [5.74, 6) is 0.789. The fourth-order valence-corrected chi connectivity index (χ4v) is 4.15. The fourth-order valence-electron chi connectivity index (χ4n) is 3.91. The van der Waals surface area contributed by atoms with Crippen molar-refractivity contribution in [3.63, 3.8) is 0 Å². The van der Waals surface area contributed by atoms with Gasteiger partial charge >= 0.3 is 6.18 Å². The van der Waals surface area contributed by atoms with Crippen LogP contribution >= 0.6 is 12.2 Å². The standard InChI is InChI=1S/C26H25F3N4O2S/c27-26(28,29)17-5-4-8-20(15-17)33-25(36)32-19-9-11-21(12-10-19)35-22-13-14-30-23(16-22)24(34)31-18-6-2-1-3-7-18/h4-5,8-16,18H,1-3,6-7H2,(H,31,34)(H2,32,33,36). The van der Waals surface area contributed by atoms with E-state index in [0.717, 1.165) is 37.8 Å². The van der Waals surface area contributed by atoms with Gasteiger partial charge in [-0.3, -0.25) is 9.78 Å². The summed E-state index contributed by atoms with van der Waals surface area (Å²) in [6, 6.07) is 15.1. The number of ether oxygens (including phenoxy) is 1. The number of nitrogens with zero attached hydrogens (tertiary/aromatic N) is 1. The molecule has 3 N–H and O–H groups in total. The van der Waals surface area contributed by atoms with Crippen molar-refractivity contribution in [2.45, 2.75) is 44.3 Å². The Morgan fingerprint density at radius 3 is 2.36 bits per heavy atom. The molecule has 1 heterocycles. The van der Waals surface area contributed by atoms with E-state index in [0.29, 0.717) is 22.9 Å². The number of hydrogen-bond donors (Lipinski definition) is 3. The molecule has 0 saturated heterocycles. The maximum atomic E-state index is 12.9. The van der Waals surface area contributed by atoms with Crippen LogP contribution in [0.25, 0.3) is 0 Å². The smallest absolute Gasteiger partial charge is 0.416 e. The van der Waals surface area contributed by atoms with Crippen molar-refractivity contribution in [2.24, 2.45) is 0 Å². The quantitative estimate of drug-likeness (QED) is 0.316. The molecule has 1 aromatic heterocycles. The molecule has 0 unspecified atom stereocenters. The van der Waals surface area contributed by atoms with Crippen LogP contribution in [0, 0.1) is 0 Å². The lowest BCUT2D eigenvalue weighted by atomic mass is 9.95. The maximum Gasteiger partial charge on any atom is 0.416 e. The summed E-state index contributed by atoms with van der Waals surface area (Å²) in [4.78, 5) is 16.7. The van der Waals surface area contributed by atoms with Crippen LogP contribution < -0.4 is 20.7 Å². The number of rotatable bonds is 6. The highest BCUT2D eigenvalue weighted by atomic mass is 32.1. The molecule has 0 bridgehead atoms. The molecule has 0 aliphatic heterocycles. The topological polar surface area (TPSA) is 75.3 Å². The number of thiocarbonyl (C=S) groups is 1. The number of hydrogen-bond acceptors (Lipinski definition) is 4. The molecule has 0 spiro atoms. The van der Waals surface area contributed by atoms with Crippen LogP contribution in [0.15, 0.2) is 66.9 Å². The largest absolute Gasteiger partial charge is 0.457 e. The van der Waals surface area contributed by atoms with Gasteiger partial charge in [-0.2, -0.15) is 13.2 Å². The van der Waals surface area contributed by atoms with E-state index in [1.165, 1.54) is 24.8 Å². The first-order valence-corrected chi connectivity index (χ1v) is 12.0. The van der Waals surface area contributed by atoms with E-state index >= 15 is 0 Å². The molecule has 36 heavy (non-hydrogen) atoms. The summed E-state index contributed by atoms with van der Waals surface area (Å²) < 4.78 is 44.5. The number of nitrogens with one attached hydrogen (secondary N) is 3. The number of alkyl halides is 3. The van der Waals surface area contributed by atoms with Gasteiger partial charge in [0.15, 0.2) is 5.11 Å². The second-order valence-electron chi connectivity index (χ2n) is 8.47. The van der Waals surface area contributed by atoms with Crippen LogP contribution in [0.2, 0.25) is 0 Å². The molecule has 1 fully saturated rings. The Balaban J connectivity index is 1.32. The van der Waals surface area contributed by atoms with Gasteiger partial charge in [-0.1, -0.05) is 25.3 Å². The van der Waals surface area contributed by atoms with E-state index in [4.69, 9.17) is 17.0 Å². The molecular weight excluding hydrogens is 489 g/mol. The van der Waals surface area contributed by atoms with Gasteiger partial charge < -0.3 is 20.7 Å². The van der Waals surface area contributed by atoms with Gasteiger partial charge in [-0.15, -0.1) is 0 Å². The van der Waals surface area contributed by atoms with Crippen LogP contribution in [-0.2, 0) is 6.18 Å². The van der Waals surface area contributed by atoms with Crippen LogP contribution in [0.4, 0.5) is 24.5 Å². The molecule has 1 aliphatic carbocycles. The minimum Gasteiger partial charge on any atom is -0.457 e. The number of carbonyl (C=O) groups is 1. The van der Waals surface area contributed by atoms with Crippen molar-refractivity contribution in [1.29, 1.82) is 0 Å². The lowest BCUT2D eigenvalue weighted by Gasteiger charge is -2.22. The third-order valence-electron chi connectivity index (χ3n) is 5.70. The summed E-state index contributed by atoms with van der Waals surface area (Å²) in [6.45, 7) is 0. The average molecular weight is 515 g/mol.